The van der Waals surface area contributed by atoms with Crippen LogP contribution in [0.15, 0.2) is 30.3 Å². The second-order valence-electron chi connectivity index (χ2n) is 8.45. The third kappa shape index (κ3) is 10.2. The lowest BCUT2D eigenvalue weighted by Crippen LogP contribution is -2.20. The van der Waals surface area contributed by atoms with Crippen molar-refractivity contribution >= 4 is 42.2 Å². The number of halogens is 2. The molecule has 2 aromatic rings. The van der Waals surface area contributed by atoms with Crippen LogP contribution in [0.3, 0.4) is 0 Å². The van der Waals surface area contributed by atoms with Gasteiger partial charge in [-0.05, 0) is 31.4 Å². The van der Waals surface area contributed by atoms with E-state index in [0.29, 0.717) is 66.2 Å². The molecular weight excluding hydrogens is 502 g/mol. The van der Waals surface area contributed by atoms with Gasteiger partial charge in [-0.1, -0.05) is 96.8 Å². The lowest BCUT2D eigenvalue weighted by molar-refractivity contribution is -0.206. The number of hydrogen-bond donors (Lipinski definition) is 0. The third-order valence-electron chi connectivity index (χ3n) is 5.43. The van der Waals surface area contributed by atoms with Crippen molar-refractivity contribution in [3.8, 4) is 17.2 Å². The van der Waals surface area contributed by atoms with Crippen LogP contribution in [-0.2, 0) is 0 Å². The molecule has 0 aliphatic rings. The van der Waals surface area contributed by atoms with E-state index in [9.17, 15) is 5.11 Å². The van der Waals surface area contributed by atoms with E-state index in [1.54, 1.807) is 18.2 Å². The van der Waals surface area contributed by atoms with E-state index in [1.807, 2.05) is 12.1 Å². The van der Waals surface area contributed by atoms with Gasteiger partial charge in [0, 0.05) is 27.7 Å². The molecule has 0 amide bonds. The molecule has 0 aliphatic heterocycles. The van der Waals surface area contributed by atoms with Crippen molar-refractivity contribution in [3.63, 3.8) is 0 Å². The molecule has 0 radical (unpaired) electrons. The lowest BCUT2D eigenvalue weighted by Gasteiger charge is -2.20. The van der Waals surface area contributed by atoms with Gasteiger partial charge in [-0.2, -0.15) is 0 Å². The van der Waals surface area contributed by atoms with Gasteiger partial charge >= 0.3 is 0 Å². The van der Waals surface area contributed by atoms with Crippen molar-refractivity contribution in [2.45, 2.75) is 78.6 Å². The number of benzene rings is 2. The maximum absolute atomic E-state index is 13.3. The first-order valence-corrected chi connectivity index (χ1v) is 14.4. The van der Waals surface area contributed by atoms with Crippen molar-refractivity contribution in [1.82, 2.24) is 0 Å². The molecule has 0 saturated carbocycles. The van der Waals surface area contributed by atoms with E-state index in [2.05, 4.69) is 20.8 Å². The molecule has 35 heavy (non-hydrogen) atoms. The number of ether oxygens (including phenoxy) is 3. The molecule has 0 spiro atoms. The fourth-order valence-electron chi connectivity index (χ4n) is 3.44. The number of rotatable bonds is 17. The molecule has 194 valence electrons. The van der Waals surface area contributed by atoms with E-state index < -0.39 is 0 Å². The molecule has 0 N–H and O–H groups in total. The van der Waals surface area contributed by atoms with Crippen LogP contribution in [0.4, 0.5) is 0 Å². The summed E-state index contributed by atoms with van der Waals surface area (Å²) in [6, 6.07) is 8.83. The predicted octanol–water partition coefficient (Wildman–Crippen LogP) is 7.81. The summed E-state index contributed by atoms with van der Waals surface area (Å²) in [5.74, 6) is 1.91. The minimum absolute atomic E-state index is 0.200. The third-order valence-corrected chi connectivity index (χ3v) is 7.15. The van der Waals surface area contributed by atoms with Crippen LogP contribution in [0.2, 0.25) is 10.0 Å². The average Bonchev–Trinajstić information content (AvgIpc) is 2.84. The molecule has 0 aromatic heterocycles. The van der Waals surface area contributed by atoms with Crippen LogP contribution in [0.1, 0.15) is 84.1 Å². The Morgan fingerprint density at radius 1 is 0.743 bits per heavy atom. The molecule has 7 heteroatoms. The zero-order valence-electron chi connectivity index (χ0n) is 21.2. The summed E-state index contributed by atoms with van der Waals surface area (Å²) in [4.78, 5) is 0. The van der Waals surface area contributed by atoms with Gasteiger partial charge in [-0.15, -0.1) is 5.48 Å². The highest BCUT2D eigenvalue weighted by Gasteiger charge is 2.15. The van der Waals surface area contributed by atoms with E-state index in [-0.39, 0.29) is 5.48 Å². The Morgan fingerprint density at radius 2 is 1.20 bits per heavy atom. The molecule has 2 rings (SSSR count). The minimum Gasteiger partial charge on any atom is -0.823 e. The first-order valence-electron chi connectivity index (χ1n) is 12.8. The van der Waals surface area contributed by atoms with E-state index in [1.165, 1.54) is 0 Å². The summed E-state index contributed by atoms with van der Waals surface area (Å²) < 4.78 is 18.4. The fraction of sp³-hybridized carbons (Fsp3) is 0.536. The van der Waals surface area contributed by atoms with Crippen LogP contribution >= 0.6 is 31.4 Å². The summed E-state index contributed by atoms with van der Waals surface area (Å²) >= 11 is 12.6. The maximum atomic E-state index is 13.3. The Balaban J connectivity index is 2.47. The van der Waals surface area contributed by atoms with Crippen molar-refractivity contribution in [2.24, 2.45) is 0 Å². The fourth-order valence-corrected chi connectivity index (χ4v) is 5.18. The van der Waals surface area contributed by atoms with E-state index >= 15 is 0 Å². The molecule has 2 aromatic carbocycles. The highest BCUT2D eigenvalue weighted by molar-refractivity contribution is 7.49. The lowest BCUT2D eigenvalue weighted by atomic mass is 10.2. The normalized spacial score (nSPS) is 11.5. The van der Waals surface area contributed by atoms with Crippen LogP contribution in [0, 0.1) is 0 Å². The molecule has 0 unspecified atom stereocenters. The van der Waals surface area contributed by atoms with Gasteiger partial charge in [0.15, 0.2) is 0 Å². The zero-order valence-corrected chi connectivity index (χ0v) is 23.6. The summed E-state index contributed by atoms with van der Waals surface area (Å²) in [6.07, 6.45) is 9.46. The van der Waals surface area contributed by atoms with Gasteiger partial charge in [-0.25, -0.2) is 0 Å². The van der Waals surface area contributed by atoms with Crippen LogP contribution in [-0.4, -0.2) is 25.3 Å². The van der Waals surface area contributed by atoms with Gasteiger partial charge in [-0.3, -0.25) is 0 Å². The molecule has 0 saturated heterocycles. The minimum atomic E-state index is -0.200. The Labute approximate surface area is 222 Å². The standard InChI is InChI=1S/C28H39Cl2O4P/c1-4-7-10-16-32-21-19-24(33-17-11-8-5-2)27(25(20-21)34-18-12-9-6-3)35-28(31)26-22(29)14-13-15-23(26)30/h13-15,19-20,31H,4-12,16-18H2,1-3H3/p-1. The molecule has 0 atom stereocenters. The summed E-state index contributed by atoms with van der Waals surface area (Å²) in [5, 5.41) is 14.7. The topological polar surface area (TPSA) is 50.8 Å². The Bertz CT molecular complexity index is 880. The smallest absolute Gasteiger partial charge is 0.138 e. The van der Waals surface area contributed by atoms with Gasteiger partial charge < -0.3 is 19.3 Å². The van der Waals surface area contributed by atoms with Crippen molar-refractivity contribution in [2.75, 3.05) is 19.8 Å². The quantitative estimate of drug-likeness (QED) is 0.152. The molecule has 0 heterocycles. The monoisotopic (exact) mass is 539 g/mol. The van der Waals surface area contributed by atoms with Crippen LogP contribution < -0.4 is 24.6 Å². The molecule has 0 bridgehead atoms. The highest BCUT2D eigenvalue weighted by Crippen LogP contribution is 2.33. The Kier molecular flexibility index (Phi) is 14.5. The van der Waals surface area contributed by atoms with E-state index in [0.717, 1.165) is 57.8 Å². The second-order valence-corrected chi connectivity index (χ2v) is 10.3. The van der Waals surface area contributed by atoms with Gasteiger partial charge in [0.25, 0.3) is 0 Å². The molecule has 0 aliphatic carbocycles. The van der Waals surface area contributed by atoms with Crippen molar-refractivity contribution in [3.05, 3.63) is 45.9 Å². The summed E-state index contributed by atoms with van der Waals surface area (Å²) in [5.41, 5.74) is 0.111. The maximum Gasteiger partial charge on any atom is 0.138 e. The second kappa shape index (κ2) is 17.1. The number of unbranched alkanes of at least 4 members (excludes halogenated alkanes) is 6. The summed E-state index contributed by atoms with van der Waals surface area (Å²) in [7, 11) is 0.395. The van der Waals surface area contributed by atoms with Gasteiger partial charge in [0.2, 0.25) is 0 Å². The van der Waals surface area contributed by atoms with Crippen molar-refractivity contribution in [1.29, 1.82) is 0 Å². The van der Waals surface area contributed by atoms with Gasteiger partial charge in [0.1, 0.15) is 17.2 Å². The Hall–Kier alpha value is -1.45. The van der Waals surface area contributed by atoms with Crippen LogP contribution in [0.25, 0.3) is 0 Å². The SMILES string of the molecule is CCCCCOc1cc(OCCCCC)c(P=C([O-])c2c(Cl)cccc2Cl)c(OCCCCC)c1. The number of hydrogen-bond acceptors (Lipinski definition) is 4. The first kappa shape index (κ1) is 29.8. The molecule has 4 nitrogen and oxygen atoms in total. The Morgan fingerprint density at radius 3 is 1.66 bits per heavy atom. The molecule has 0 fully saturated rings. The average molecular weight is 540 g/mol. The largest absolute Gasteiger partial charge is 0.823 e. The van der Waals surface area contributed by atoms with Crippen molar-refractivity contribution < 1.29 is 19.3 Å². The predicted molar refractivity (Wildman–Crippen MR) is 149 cm³/mol. The highest BCUT2D eigenvalue weighted by atomic mass is 35.5. The zero-order chi connectivity index (χ0) is 25.5. The summed E-state index contributed by atoms with van der Waals surface area (Å²) in [6.45, 7) is 8.23. The first-order chi connectivity index (χ1) is 17.0. The molecular formula is C28H38Cl2O4P-. The van der Waals surface area contributed by atoms with Gasteiger partial charge in [0.05, 0.1) is 25.1 Å². The van der Waals surface area contributed by atoms with Crippen LogP contribution in [0.5, 0.6) is 17.2 Å². The van der Waals surface area contributed by atoms with E-state index in [4.69, 9.17) is 37.4 Å².